The quantitative estimate of drug-likeness (QED) is 0.357. The molecule has 0 aliphatic rings. The van der Waals surface area contributed by atoms with Crippen LogP contribution >= 0.6 is 0 Å². The summed E-state index contributed by atoms with van der Waals surface area (Å²) in [7, 11) is 0. The Morgan fingerprint density at radius 2 is 1.53 bits per heavy atom. The summed E-state index contributed by atoms with van der Waals surface area (Å²) >= 11 is 0. The number of aliphatic hydroxyl groups excluding tert-OH is 2. The topological polar surface area (TPSA) is 94.8 Å². The molecule has 0 rings (SSSR count). The molecule has 100 valence electrons. The van der Waals surface area contributed by atoms with E-state index in [0.29, 0.717) is 12.8 Å². The molecule has 0 saturated carbocycles. The van der Waals surface area contributed by atoms with Crippen molar-refractivity contribution in [2.75, 3.05) is 13.2 Å². The molecule has 0 radical (unpaired) electrons. The second-order valence-electron chi connectivity index (χ2n) is 4.24. The first-order chi connectivity index (χ1) is 8.10. The molecule has 0 saturated heterocycles. The summed E-state index contributed by atoms with van der Waals surface area (Å²) in [4.78, 5) is 21.5. The molecular formula is C12H22O5. The highest BCUT2D eigenvalue weighted by atomic mass is 16.4. The van der Waals surface area contributed by atoms with Crippen molar-refractivity contribution in [1.29, 1.82) is 0 Å². The molecule has 0 aromatic heterocycles. The Labute approximate surface area is 101 Å². The van der Waals surface area contributed by atoms with Crippen LogP contribution in [0.3, 0.4) is 0 Å². The van der Waals surface area contributed by atoms with Crippen LogP contribution in [0.5, 0.6) is 0 Å². The van der Waals surface area contributed by atoms with Gasteiger partial charge in [0.2, 0.25) is 0 Å². The number of hydrogen-bond donors (Lipinski definition) is 3. The number of unbranched alkanes of at least 4 members (excludes halogenated alkanes) is 5. The third-order valence-corrected chi connectivity index (χ3v) is 2.77. The van der Waals surface area contributed by atoms with Gasteiger partial charge in [-0.3, -0.25) is 4.79 Å². The van der Waals surface area contributed by atoms with Gasteiger partial charge in [-0.05, 0) is 12.8 Å². The van der Waals surface area contributed by atoms with Gasteiger partial charge < -0.3 is 20.1 Å². The molecule has 0 aromatic carbocycles. The van der Waals surface area contributed by atoms with E-state index in [9.17, 15) is 14.7 Å². The Balaban J connectivity index is 3.61. The second kappa shape index (κ2) is 9.27. The van der Waals surface area contributed by atoms with Gasteiger partial charge in [-0.1, -0.05) is 19.3 Å². The van der Waals surface area contributed by atoms with E-state index in [1.807, 2.05) is 0 Å². The number of rotatable bonds is 11. The van der Waals surface area contributed by atoms with E-state index in [-0.39, 0.29) is 6.42 Å². The Morgan fingerprint density at radius 1 is 1.00 bits per heavy atom. The average Bonchev–Trinajstić information content (AvgIpc) is 2.36. The summed E-state index contributed by atoms with van der Waals surface area (Å²) in [6, 6.07) is 0. The molecule has 0 bridgehead atoms. The van der Waals surface area contributed by atoms with Crippen LogP contribution in [0, 0.1) is 0 Å². The van der Waals surface area contributed by atoms with E-state index in [2.05, 4.69) is 0 Å². The van der Waals surface area contributed by atoms with Gasteiger partial charge in [0.1, 0.15) is 6.29 Å². The van der Waals surface area contributed by atoms with Gasteiger partial charge in [0.15, 0.2) is 11.4 Å². The minimum Gasteiger partial charge on any atom is -0.393 e. The molecule has 0 aromatic rings. The van der Waals surface area contributed by atoms with E-state index in [1.54, 1.807) is 0 Å². The number of ketones is 1. The van der Waals surface area contributed by atoms with E-state index < -0.39 is 24.6 Å². The number of aliphatic hydroxyl groups is 3. The highest BCUT2D eigenvalue weighted by Gasteiger charge is 2.33. The highest BCUT2D eigenvalue weighted by molar-refractivity contribution is 5.87. The Bertz CT molecular complexity index is 223. The number of carbonyl (C=O) groups is 2. The highest BCUT2D eigenvalue weighted by Crippen LogP contribution is 2.12. The molecule has 0 aliphatic carbocycles. The lowest BCUT2D eigenvalue weighted by Crippen LogP contribution is -2.45. The van der Waals surface area contributed by atoms with Crippen molar-refractivity contribution in [3.8, 4) is 0 Å². The lowest BCUT2D eigenvalue weighted by atomic mass is 9.95. The van der Waals surface area contributed by atoms with E-state index >= 15 is 0 Å². The summed E-state index contributed by atoms with van der Waals surface area (Å²) in [5, 5.41) is 27.1. The molecule has 5 heteroatoms. The number of carbonyl (C=O) groups excluding carboxylic acids is 2. The van der Waals surface area contributed by atoms with Gasteiger partial charge in [0, 0.05) is 12.8 Å². The Kier molecular flexibility index (Phi) is 8.85. The van der Waals surface area contributed by atoms with Crippen LogP contribution in [0.4, 0.5) is 0 Å². The zero-order chi connectivity index (χ0) is 13.1. The SMILES string of the molecule is O=CCCCCCCCC(=O)C(O)(CO)CO. The van der Waals surface area contributed by atoms with Crippen molar-refractivity contribution in [2.24, 2.45) is 0 Å². The fourth-order valence-electron chi connectivity index (χ4n) is 1.50. The standard InChI is InChI=1S/C12H22O5/c13-8-6-4-2-1-3-5-7-11(16)12(17,9-14)10-15/h8,14-15,17H,1-7,9-10H2. The summed E-state index contributed by atoms with van der Waals surface area (Å²) in [5.74, 6) is -0.518. The maximum atomic E-state index is 11.4. The van der Waals surface area contributed by atoms with Crippen molar-refractivity contribution in [1.82, 2.24) is 0 Å². The maximum absolute atomic E-state index is 11.4. The van der Waals surface area contributed by atoms with Crippen LogP contribution in [0.1, 0.15) is 44.9 Å². The van der Waals surface area contributed by atoms with Gasteiger partial charge in [-0.2, -0.15) is 0 Å². The number of Topliss-reactive ketones (excluding diaryl/α,β-unsaturated/α-hetero) is 1. The largest absolute Gasteiger partial charge is 0.393 e. The average molecular weight is 246 g/mol. The number of hydrogen-bond acceptors (Lipinski definition) is 5. The summed E-state index contributed by atoms with van der Waals surface area (Å²) in [6.45, 7) is -1.50. The summed E-state index contributed by atoms with van der Waals surface area (Å²) in [6.07, 6.45) is 5.87. The molecule has 0 amide bonds. The molecule has 5 nitrogen and oxygen atoms in total. The zero-order valence-corrected chi connectivity index (χ0v) is 10.1. The predicted molar refractivity (Wildman–Crippen MR) is 62.5 cm³/mol. The van der Waals surface area contributed by atoms with Crippen molar-refractivity contribution in [3.63, 3.8) is 0 Å². The van der Waals surface area contributed by atoms with Gasteiger partial charge in [0.05, 0.1) is 13.2 Å². The van der Waals surface area contributed by atoms with Crippen LogP contribution < -0.4 is 0 Å². The smallest absolute Gasteiger partial charge is 0.169 e. The van der Waals surface area contributed by atoms with Crippen molar-refractivity contribution >= 4 is 12.1 Å². The van der Waals surface area contributed by atoms with E-state index in [1.165, 1.54) is 0 Å². The van der Waals surface area contributed by atoms with Gasteiger partial charge in [-0.15, -0.1) is 0 Å². The van der Waals surface area contributed by atoms with Crippen molar-refractivity contribution in [2.45, 2.75) is 50.5 Å². The van der Waals surface area contributed by atoms with Crippen LogP contribution in [0.2, 0.25) is 0 Å². The molecule has 0 spiro atoms. The fourth-order valence-corrected chi connectivity index (χ4v) is 1.50. The van der Waals surface area contributed by atoms with Crippen molar-refractivity contribution < 1.29 is 24.9 Å². The summed E-state index contributed by atoms with van der Waals surface area (Å²) < 4.78 is 0. The van der Waals surface area contributed by atoms with Crippen LogP contribution in [-0.2, 0) is 9.59 Å². The van der Waals surface area contributed by atoms with Gasteiger partial charge >= 0.3 is 0 Å². The molecule has 17 heavy (non-hydrogen) atoms. The van der Waals surface area contributed by atoms with Gasteiger partial charge in [0.25, 0.3) is 0 Å². The Morgan fingerprint density at radius 3 is 2.06 bits per heavy atom. The molecule has 0 heterocycles. The molecule has 0 aliphatic heterocycles. The fraction of sp³-hybridized carbons (Fsp3) is 0.833. The third kappa shape index (κ3) is 6.51. The molecule has 0 unspecified atom stereocenters. The molecule has 0 atom stereocenters. The maximum Gasteiger partial charge on any atom is 0.169 e. The monoisotopic (exact) mass is 246 g/mol. The van der Waals surface area contributed by atoms with Crippen molar-refractivity contribution in [3.05, 3.63) is 0 Å². The summed E-state index contributed by atoms with van der Waals surface area (Å²) in [5.41, 5.74) is -1.99. The van der Waals surface area contributed by atoms with Crippen LogP contribution in [-0.4, -0.2) is 46.2 Å². The molecular weight excluding hydrogens is 224 g/mol. The molecule has 0 fully saturated rings. The predicted octanol–water partition coefficient (Wildman–Crippen LogP) is 0.201. The second-order valence-corrected chi connectivity index (χ2v) is 4.24. The first-order valence-corrected chi connectivity index (χ1v) is 6.01. The van der Waals surface area contributed by atoms with E-state index in [0.717, 1.165) is 32.0 Å². The van der Waals surface area contributed by atoms with Gasteiger partial charge in [-0.25, -0.2) is 0 Å². The van der Waals surface area contributed by atoms with Crippen LogP contribution in [0.15, 0.2) is 0 Å². The molecule has 3 N–H and O–H groups in total. The normalized spacial score (nSPS) is 11.5. The minimum absolute atomic E-state index is 0.158. The van der Waals surface area contributed by atoms with E-state index in [4.69, 9.17) is 10.2 Å². The minimum atomic E-state index is -1.99. The zero-order valence-electron chi connectivity index (χ0n) is 10.1. The third-order valence-electron chi connectivity index (χ3n) is 2.77. The lowest BCUT2D eigenvalue weighted by Gasteiger charge is -2.21. The van der Waals surface area contributed by atoms with Crippen LogP contribution in [0.25, 0.3) is 0 Å². The first-order valence-electron chi connectivity index (χ1n) is 6.01. The first kappa shape index (κ1) is 16.2. The number of aldehydes is 1. The Hall–Kier alpha value is -0.780. The lowest BCUT2D eigenvalue weighted by molar-refractivity contribution is -0.146.